The van der Waals surface area contributed by atoms with E-state index in [0.717, 1.165) is 11.4 Å². The van der Waals surface area contributed by atoms with Gasteiger partial charge in [-0.15, -0.1) is 11.3 Å². The van der Waals surface area contributed by atoms with Crippen molar-refractivity contribution in [3.63, 3.8) is 0 Å². The largest absolute Gasteiger partial charge is 0.463 e. The third-order valence-electron chi connectivity index (χ3n) is 1.88. The third kappa shape index (κ3) is 4.95. The molecule has 5 nitrogen and oxygen atoms in total. The maximum absolute atomic E-state index is 11.4. The lowest BCUT2D eigenvalue weighted by Crippen LogP contribution is -2.17. The van der Waals surface area contributed by atoms with Crippen LogP contribution >= 0.6 is 11.3 Å². The molecule has 0 atom stereocenters. The smallest absolute Gasteiger partial charge is 0.344 e. The van der Waals surface area contributed by atoms with Crippen LogP contribution in [0.4, 0.5) is 0 Å². The van der Waals surface area contributed by atoms with Gasteiger partial charge in [-0.2, -0.15) is 0 Å². The lowest BCUT2D eigenvalue weighted by Gasteiger charge is -2.03. The highest BCUT2D eigenvalue weighted by atomic mass is 32.1. The Kier molecular flexibility index (Phi) is 5.62. The molecule has 0 saturated carbocycles. The number of rotatable bonds is 6. The number of thiazole rings is 1. The molecule has 0 radical (unpaired) electrons. The average molecular weight is 257 g/mol. The van der Waals surface area contributed by atoms with Crippen LogP contribution in [0.3, 0.4) is 0 Å². The minimum absolute atomic E-state index is 0.0932. The molecule has 1 aromatic heterocycles. The molecule has 17 heavy (non-hydrogen) atoms. The molecule has 0 aliphatic heterocycles. The van der Waals surface area contributed by atoms with Crippen LogP contribution < -0.4 is 0 Å². The summed E-state index contributed by atoms with van der Waals surface area (Å²) in [5, 5.41) is 2.81. The Balaban J connectivity index is 2.32. The molecule has 0 bridgehead atoms. The van der Waals surface area contributed by atoms with Crippen LogP contribution in [-0.4, -0.2) is 30.1 Å². The summed E-state index contributed by atoms with van der Waals surface area (Å²) >= 11 is 1.51. The van der Waals surface area contributed by atoms with Crippen molar-refractivity contribution in [1.29, 1.82) is 0 Å². The van der Waals surface area contributed by atoms with Crippen LogP contribution in [0.2, 0.25) is 0 Å². The minimum atomic E-state index is -0.534. The van der Waals surface area contributed by atoms with Gasteiger partial charge < -0.3 is 9.47 Å². The van der Waals surface area contributed by atoms with Crippen molar-refractivity contribution in [3.05, 3.63) is 16.1 Å². The van der Waals surface area contributed by atoms with E-state index >= 15 is 0 Å². The fourth-order valence-electron chi connectivity index (χ4n) is 1.13. The molecule has 0 fully saturated rings. The van der Waals surface area contributed by atoms with Crippen LogP contribution in [0.25, 0.3) is 0 Å². The first kappa shape index (κ1) is 13.6. The summed E-state index contributed by atoms with van der Waals surface area (Å²) < 4.78 is 9.39. The number of hydrogen-bond donors (Lipinski definition) is 0. The minimum Gasteiger partial charge on any atom is -0.463 e. The molecular weight excluding hydrogens is 242 g/mol. The molecule has 0 unspecified atom stereocenters. The molecule has 0 saturated heterocycles. The predicted molar refractivity (Wildman–Crippen MR) is 62.8 cm³/mol. The summed E-state index contributed by atoms with van der Waals surface area (Å²) in [6.45, 7) is 3.64. The number of esters is 2. The van der Waals surface area contributed by atoms with Gasteiger partial charge in [-0.05, 0) is 13.3 Å². The van der Waals surface area contributed by atoms with Gasteiger partial charge in [0.05, 0.1) is 23.7 Å². The van der Waals surface area contributed by atoms with Crippen LogP contribution in [0.1, 0.15) is 24.5 Å². The van der Waals surface area contributed by atoms with Gasteiger partial charge in [0, 0.05) is 5.38 Å². The van der Waals surface area contributed by atoms with E-state index in [-0.39, 0.29) is 19.6 Å². The molecule has 0 amide bonds. The number of hydrogen-bond acceptors (Lipinski definition) is 6. The van der Waals surface area contributed by atoms with Gasteiger partial charge in [-0.3, -0.25) is 4.79 Å². The van der Waals surface area contributed by atoms with Crippen molar-refractivity contribution in [3.8, 4) is 0 Å². The zero-order valence-corrected chi connectivity index (χ0v) is 10.7. The lowest BCUT2D eigenvalue weighted by atomic mass is 10.3. The molecule has 1 aromatic rings. The maximum Gasteiger partial charge on any atom is 0.344 e. The van der Waals surface area contributed by atoms with Crippen molar-refractivity contribution < 1.29 is 19.1 Å². The number of nitrogens with zero attached hydrogens (tertiary/aromatic N) is 1. The van der Waals surface area contributed by atoms with Crippen molar-refractivity contribution >= 4 is 23.3 Å². The third-order valence-corrected chi connectivity index (χ3v) is 2.93. The first-order valence-electron chi connectivity index (χ1n) is 5.40. The van der Waals surface area contributed by atoms with Crippen LogP contribution in [0.15, 0.2) is 5.38 Å². The second kappa shape index (κ2) is 7.01. The molecule has 0 aliphatic carbocycles. The van der Waals surface area contributed by atoms with Crippen LogP contribution in [0, 0.1) is 0 Å². The van der Waals surface area contributed by atoms with Crippen molar-refractivity contribution in [1.82, 2.24) is 4.98 Å². The molecule has 1 heterocycles. The number of carbonyl (C=O) groups is 2. The van der Waals surface area contributed by atoms with Gasteiger partial charge in [0.25, 0.3) is 0 Å². The molecular formula is C11H15NO4S. The average Bonchev–Trinajstić information content (AvgIpc) is 2.74. The topological polar surface area (TPSA) is 65.5 Å². The number of ether oxygens (including phenoxy) is 2. The number of aromatic nitrogens is 1. The monoisotopic (exact) mass is 257 g/mol. The Morgan fingerprint density at radius 1 is 1.29 bits per heavy atom. The molecule has 1 rings (SSSR count). The van der Waals surface area contributed by atoms with Crippen molar-refractivity contribution in [2.24, 2.45) is 0 Å². The fraction of sp³-hybridized carbons (Fsp3) is 0.545. The van der Waals surface area contributed by atoms with E-state index in [2.05, 4.69) is 9.72 Å². The molecule has 0 aromatic carbocycles. The zero-order chi connectivity index (χ0) is 12.7. The SMILES string of the molecule is CCOC(=O)COC(=O)Cc1csc(CC)n1. The highest BCUT2D eigenvalue weighted by Gasteiger charge is 2.11. The van der Waals surface area contributed by atoms with Gasteiger partial charge in [0.1, 0.15) is 0 Å². The van der Waals surface area contributed by atoms with Gasteiger partial charge in [-0.1, -0.05) is 6.92 Å². The van der Waals surface area contributed by atoms with E-state index in [4.69, 9.17) is 4.74 Å². The maximum atomic E-state index is 11.4. The van der Waals surface area contributed by atoms with E-state index in [1.165, 1.54) is 11.3 Å². The summed E-state index contributed by atoms with van der Waals surface area (Å²) in [6.07, 6.45) is 0.943. The summed E-state index contributed by atoms with van der Waals surface area (Å²) in [5.41, 5.74) is 0.681. The Bertz CT molecular complexity index is 389. The molecule has 6 heteroatoms. The molecule has 0 spiro atoms. The highest BCUT2D eigenvalue weighted by Crippen LogP contribution is 2.10. The zero-order valence-electron chi connectivity index (χ0n) is 9.89. The van der Waals surface area contributed by atoms with E-state index in [1.807, 2.05) is 12.3 Å². The lowest BCUT2D eigenvalue weighted by molar-refractivity contribution is -0.158. The predicted octanol–water partition coefficient (Wildman–Crippen LogP) is 1.35. The molecule has 0 aliphatic rings. The van der Waals surface area contributed by atoms with Gasteiger partial charge in [0.15, 0.2) is 6.61 Å². The Hall–Kier alpha value is -1.43. The van der Waals surface area contributed by atoms with E-state index < -0.39 is 11.9 Å². The molecule has 94 valence electrons. The summed E-state index contributed by atoms with van der Waals surface area (Å²) in [5.74, 6) is -1.00. The summed E-state index contributed by atoms with van der Waals surface area (Å²) in [4.78, 5) is 26.5. The second-order valence-corrected chi connectivity index (χ2v) is 4.17. The summed E-state index contributed by atoms with van der Waals surface area (Å²) in [7, 11) is 0. The van der Waals surface area contributed by atoms with E-state index in [1.54, 1.807) is 6.92 Å². The van der Waals surface area contributed by atoms with Crippen LogP contribution in [0.5, 0.6) is 0 Å². The number of carbonyl (C=O) groups excluding carboxylic acids is 2. The second-order valence-electron chi connectivity index (χ2n) is 3.23. The van der Waals surface area contributed by atoms with E-state index in [0.29, 0.717) is 5.69 Å². The van der Waals surface area contributed by atoms with Gasteiger partial charge in [-0.25, -0.2) is 9.78 Å². The number of aryl methyl sites for hydroxylation is 1. The normalized spacial score (nSPS) is 10.0. The summed E-state index contributed by atoms with van der Waals surface area (Å²) in [6, 6.07) is 0. The first-order chi connectivity index (χ1) is 8.15. The van der Waals surface area contributed by atoms with Gasteiger partial charge in [0.2, 0.25) is 0 Å². The Morgan fingerprint density at radius 3 is 2.65 bits per heavy atom. The van der Waals surface area contributed by atoms with Gasteiger partial charge >= 0.3 is 11.9 Å². The Morgan fingerprint density at radius 2 is 2.06 bits per heavy atom. The van der Waals surface area contributed by atoms with Crippen LogP contribution in [-0.2, 0) is 31.9 Å². The fourth-order valence-corrected chi connectivity index (χ4v) is 1.88. The van der Waals surface area contributed by atoms with Crippen molar-refractivity contribution in [2.75, 3.05) is 13.2 Å². The first-order valence-corrected chi connectivity index (χ1v) is 6.28. The standard InChI is InChI=1S/C11H15NO4S/c1-3-9-12-8(7-17-9)5-10(13)16-6-11(14)15-4-2/h7H,3-6H2,1-2H3. The van der Waals surface area contributed by atoms with Crippen molar-refractivity contribution in [2.45, 2.75) is 26.7 Å². The quantitative estimate of drug-likeness (QED) is 0.720. The molecule has 0 N–H and O–H groups in total. The highest BCUT2D eigenvalue weighted by molar-refractivity contribution is 7.09. The Labute approximate surface area is 104 Å². The van der Waals surface area contributed by atoms with E-state index in [9.17, 15) is 9.59 Å².